The third-order valence-electron chi connectivity index (χ3n) is 5.93. The summed E-state index contributed by atoms with van der Waals surface area (Å²) in [4.78, 5) is 18.9. The number of hydrogen-bond donors (Lipinski definition) is 2. The monoisotopic (exact) mass is 356 g/mol. The second-order valence-electron chi connectivity index (χ2n) is 7.64. The lowest BCUT2D eigenvalue weighted by Crippen LogP contribution is -2.56. The first kappa shape index (κ1) is 18.6. The molecule has 140 valence electrons. The van der Waals surface area contributed by atoms with Crippen LogP contribution in [0, 0.1) is 26.2 Å². The van der Waals surface area contributed by atoms with E-state index in [9.17, 15) is 15.0 Å². The highest BCUT2D eigenvalue weighted by molar-refractivity contribution is 5.87. The van der Waals surface area contributed by atoms with Gasteiger partial charge in [-0.05, 0) is 56.4 Å². The summed E-state index contributed by atoms with van der Waals surface area (Å²) in [5, 5.41) is 21.5. The molecule has 0 aliphatic carbocycles. The van der Waals surface area contributed by atoms with Crippen LogP contribution in [0.25, 0.3) is 10.9 Å². The number of anilines is 1. The van der Waals surface area contributed by atoms with Gasteiger partial charge in [-0.2, -0.15) is 0 Å². The van der Waals surface area contributed by atoms with Gasteiger partial charge in [0.2, 0.25) is 0 Å². The number of aliphatic hydroxyl groups is 1. The number of piperidine rings is 1. The zero-order valence-corrected chi connectivity index (χ0v) is 16.0. The van der Waals surface area contributed by atoms with Gasteiger partial charge in [0.15, 0.2) is 0 Å². The second-order valence-corrected chi connectivity index (χ2v) is 7.64. The highest BCUT2D eigenvalue weighted by Gasteiger charge is 2.48. The lowest BCUT2D eigenvalue weighted by atomic mass is 9.74. The number of nitrogens with zero attached hydrogens (tertiary/aromatic N) is 2. The van der Waals surface area contributed by atoms with Gasteiger partial charge in [0.25, 0.3) is 0 Å². The van der Waals surface area contributed by atoms with Crippen LogP contribution < -0.4 is 4.90 Å². The number of carbonyl (C=O) groups is 1. The van der Waals surface area contributed by atoms with Gasteiger partial charge in [-0.3, -0.25) is 4.79 Å². The highest BCUT2D eigenvalue weighted by atomic mass is 16.4. The van der Waals surface area contributed by atoms with Crippen molar-refractivity contribution in [2.75, 3.05) is 18.0 Å². The molecule has 1 fully saturated rings. The van der Waals surface area contributed by atoms with E-state index in [1.165, 1.54) is 5.56 Å². The van der Waals surface area contributed by atoms with Gasteiger partial charge in [-0.15, -0.1) is 0 Å². The van der Waals surface area contributed by atoms with Gasteiger partial charge in [0.05, 0.1) is 11.6 Å². The molecule has 26 heavy (non-hydrogen) atoms. The Morgan fingerprint density at radius 1 is 1.31 bits per heavy atom. The van der Waals surface area contributed by atoms with Crippen molar-refractivity contribution in [1.29, 1.82) is 0 Å². The molecule has 2 N–H and O–H groups in total. The van der Waals surface area contributed by atoms with Crippen LogP contribution in [0.2, 0.25) is 0 Å². The molecule has 2 heterocycles. The van der Waals surface area contributed by atoms with Crippen molar-refractivity contribution >= 4 is 22.7 Å². The zero-order chi connectivity index (χ0) is 19.1. The van der Waals surface area contributed by atoms with E-state index in [1.807, 2.05) is 17.9 Å². The molecule has 2 aromatic rings. The minimum Gasteiger partial charge on any atom is -0.481 e. The van der Waals surface area contributed by atoms with Gasteiger partial charge in [-0.1, -0.05) is 25.5 Å². The maximum Gasteiger partial charge on any atom is 0.314 e. The van der Waals surface area contributed by atoms with E-state index in [0.29, 0.717) is 25.9 Å². The summed E-state index contributed by atoms with van der Waals surface area (Å²) in [6.45, 7) is 9.08. The molecule has 0 amide bonds. The molecule has 2 atom stereocenters. The van der Waals surface area contributed by atoms with E-state index < -0.39 is 17.5 Å². The fourth-order valence-electron chi connectivity index (χ4n) is 4.13. The van der Waals surface area contributed by atoms with Gasteiger partial charge >= 0.3 is 5.97 Å². The Hall–Kier alpha value is -2.14. The highest BCUT2D eigenvalue weighted by Crippen LogP contribution is 2.38. The fraction of sp³-hybridized carbons (Fsp3) is 0.524. The fourth-order valence-corrected chi connectivity index (χ4v) is 4.13. The van der Waals surface area contributed by atoms with E-state index in [-0.39, 0.29) is 0 Å². The number of carboxylic acids is 1. The van der Waals surface area contributed by atoms with Crippen molar-refractivity contribution < 1.29 is 15.0 Å². The Kier molecular flexibility index (Phi) is 4.93. The average molecular weight is 356 g/mol. The van der Waals surface area contributed by atoms with Crippen molar-refractivity contribution in [2.24, 2.45) is 5.41 Å². The Bertz CT molecular complexity index is 849. The third kappa shape index (κ3) is 2.94. The van der Waals surface area contributed by atoms with Crippen LogP contribution in [0.3, 0.4) is 0 Å². The molecule has 0 unspecified atom stereocenters. The largest absolute Gasteiger partial charge is 0.481 e. The normalized spacial score (nSPS) is 23.4. The molecule has 0 radical (unpaired) electrons. The topological polar surface area (TPSA) is 73.7 Å². The first-order valence-corrected chi connectivity index (χ1v) is 9.34. The smallest absolute Gasteiger partial charge is 0.314 e. The summed E-state index contributed by atoms with van der Waals surface area (Å²) in [5.41, 5.74) is 3.33. The molecule has 0 saturated carbocycles. The average Bonchev–Trinajstić information content (AvgIpc) is 2.60. The second kappa shape index (κ2) is 6.88. The van der Waals surface area contributed by atoms with Crippen LogP contribution >= 0.6 is 0 Å². The number of aliphatic carboxylic acids is 1. The SMILES string of the molecule is CCC[C@]1(C(=O)O)CN(c2cc(C)c3ccc(C)c(C)c3n2)CC[C@H]1O. The number of aliphatic hydroxyl groups excluding tert-OH is 1. The van der Waals surface area contributed by atoms with Gasteiger partial charge in [-0.25, -0.2) is 4.98 Å². The van der Waals surface area contributed by atoms with E-state index in [4.69, 9.17) is 4.98 Å². The summed E-state index contributed by atoms with van der Waals surface area (Å²) < 4.78 is 0. The van der Waals surface area contributed by atoms with Crippen molar-refractivity contribution in [3.63, 3.8) is 0 Å². The van der Waals surface area contributed by atoms with Crippen molar-refractivity contribution in [3.05, 3.63) is 34.9 Å². The molecule has 1 aliphatic heterocycles. The standard InChI is InChI=1S/C21H28N2O3/c1-5-9-21(20(25)26)12-23(10-8-17(21)24)18-11-14(3)16-7-6-13(2)15(4)19(16)22-18/h6-7,11,17,24H,5,8-10,12H2,1-4H3,(H,25,26)/t17-,21+/m1/s1. The van der Waals surface area contributed by atoms with E-state index in [2.05, 4.69) is 32.9 Å². The molecule has 5 nitrogen and oxygen atoms in total. The number of carboxylic acid groups (broad SMARTS) is 1. The van der Waals surface area contributed by atoms with Crippen molar-refractivity contribution in [1.82, 2.24) is 4.98 Å². The Balaban J connectivity index is 2.06. The number of pyridine rings is 1. The molecular weight excluding hydrogens is 328 g/mol. The quantitative estimate of drug-likeness (QED) is 0.875. The predicted octanol–water partition coefficient (Wildman–Crippen LogP) is 3.60. The number of aromatic nitrogens is 1. The van der Waals surface area contributed by atoms with Crippen LogP contribution in [0.5, 0.6) is 0 Å². The lowest BCUT2D eigenvalue weighted by Gasteiger charge is -2.44. The molecular formula is C21H28N2O3. The predicted molar refractivity (Wildman–Crippen MR) is 104 cm³/mol. The summed E-state index contributed by atoms with van der Waals surface area (Å²) >= 11 is 0. The van der Waals surface area contributed by atoms with Crippen LogP contribution in [0.4, 0.5) is 5.82 Å². The maximum absolute atomic E-state index is 12.0. The first-order valence-electron chi connectivity index (χ1n) is 9.34. The minimum atomic E-state index is -1.13. The molecule has 1 saturated heterocycles. The summed E-state index contributed by atoms with van der Waals surface area (Å²) in [6.07, 6.45) is 0.809. The third-order valence-corrected chi connectivity index (χ3v) is 5.93. The Morgan fingerprint density at radius 3 is 2.69 bits per heavy atom. The first-order chi connectivity index (χ1) is 12.3. The van der Waals surface area contributed by atoms with Crippen molar-refractivity contribution in [2.45, 2.75) is 53.1 Å². The van der Waals surface area contributed by atoms with Crippen molar-refractivity contribution in [3.8, 4) is 0 Å². The molecule has 0 spiro atoms. The number of aryl methyl sites for hydroxylation is 3. The number of benzene rings is 1. The lowest BCUT2D eigenvalue weighted by molar-refractivity contribution is -0.158. The summed E-state index contributed by atoms with van der Waals surface area (Å²) in [6, 6.07) is 6.25. The number of hydrogen-bond acceptors (Lipinski definition) is 4. The Morgan fingerprint density at radius 2 is 2.04 bits per heavy atom. The molecule has 3 rings (SSSR count). The van der Waals surface area contributed by atoms with Crippen LogP contribution in [0.1, 0.15) is 42.9 Å². The van der Waals surface area contributed by atoms with Crippen LogP contribution in [-0.2, 0) is 4.79 Å². The van der Waals surface area contributed by atoms with Gasteiger partial charge in [0, 0.05) is 18.5 Å². The van der Waals surface area contributed by atoms with E-state index in [0.717, 1.165) is 34.3 Å². The molecule has 1 aromatic carbocycles. The van der Waals surface area contributed by atoms with E-state index in [1.54, 1.807) is 0 Å². The van der Waals surface area contributed by atoms with Gasteiger partial charge in [0.1, 0.15) is 11.2 Å². The molecule has 1 aromatic heterocycles. The Labute approximate surface area is 154 Å². The maximum atomic E-state index is 12.0. The number of rotatable bonds is 4. The van der Waals surface area contributed by atoms with Crippen LogP contribution in [-0.4, -0.2) is 40.4 Å². The molecule has 1 aliphatic rings. The van der Waals surface area contributed by atoms with Gasteiger partial charge < -0.3 is 15.1 Å². The summed E-state index contributed by atoms with van der Waals surface area (Å²) in [5.74, 6) is -0.113. The molecule has 0 bridgehead atoms. The zero-order valence-electron chi connectivity index (χ0n) is 16.0. The number of fused-ring (bicyclic) bond motifs is 1. The van der Waals surface area contributed by atoms with E-state index >= 15 is 0 Å². The molecule has 5 heteroatoms. The summed E-state index contributed by atoms with van der Waals surface area (Å²) in [7, 11) is 0. The van der Waals surface area contributed by atoms with Crippen LogP contribution in [0.15, 0.2) is 18.2 Å². The minimum absolute atomic E-state index is 0.292.